The Bertz CT molecular complexity index is 327. The highest BCUT2D eigenvalue weighted by molar-refractivity contribution is 7.10. The molecule has 0 aliphatic rings. The van der Waals surface area contributed by atoms with Gasteiger partial charge in [-0.2, -0.15) is 0 Å². The van der Waals surface area contributed by atoms with Gasteiger partial charge in [-0.15, -0.1) is 11.3 Å². The number of esters is 1. The summed E-state index contributed by atoms with van der Waals surface area (Å²) < 4.78 is 4.39. The number of ketones is 1. The molecule has 0 amide bonds. The molecule has 0 radical (unpaired) electrons. The molecule has 1 aromatic heterocycles. The van der Waals surface area contributed by atoms with E-state index in [1.807, 2.05) is 6.92 Å². The van der Waals surface area contributed by atoms with E-state index in [4.69, 9.17) is 0 Å². The van der Waals surface area contributed by atoms with Gasteiger partial charge in [0.25, 0.3) is 0 Å². The summed E-state index contributed by atoms with van der Waals surface area (Å²) in [5.74, 6) is -0.676. The van der Waals surface area contributed by atoms with Crippen LogP contribution in [0.5, 0.6) is 0 Å². The summed E-state index contributed by atoms with van der Waals surface area (Å²) >= 11 is 1.49. The number of carbonyl (C=O) groups excluding carboxylic acids is 2. The molecule has 0 bridgehead atoms. The maximum atomic E-state index is 11.3. The van der Waals surface area contributed by atoms with E-state index in [-0.39, 0.29) is 12.2 Å². The van der Waals surface area contributed by atoms with E-state index in [1.165, 1.54) is 18.4 Å². The summed E-state index contributed by atoms with van der Waals surface area (Å²) in [4.78, 5) is 23.2. The van der Waals surface area contributed by atoms with Crippen molar-refractivity contribution in [3.8, 4) is 0 Å². The summed E-state index contributed by atoms with van der Waals surface area (Å²) in [7, 11) is 1.27. The standard InChI is InChI=1S/C9H10O3S/c1-6-3-7(5-13-6)8(10)4-9(11)12-2/h3,5H,4H2,1-2H3. The molecule has 3 nitrogen and oxygen atoms in total. The number of hydrogen-bond acceptors (Lipinski definition) is 4. The van der Waals surface area contributed by atoms with Gasteiger partial charge in [0.05, 0.1) is 7.11 Å². The molecule has 70 valence electrons. The molecule has 0 N–H and O–H groups in total. The summed E-state index contributed by atoms with van der Waals surface area (Å²) in [5, 5.41) is 1.75. The Morgan fingerprint density at radius 2 is 2.23 bits per heavy atom. The molecule has 1 heterocycles. The zero-order chi connectivity index (χ0) is 9.84. The van der Waals surface area contributed by atoms with Crippen molar-refractivity contribution in [2.45, 2.75) is 13.3 Å². The molecule has 0 saturated carbocycles. The van der Waals surface area contributed by atoms with E-state index in [0.717, 1.165) is 4.88 Å². The molecular formula is C9H10O3S. The third kappa shape index (κ3) is 2.66. The van der Waals surface area contributed by atoms with Crippen molar-refractivity contribution >= 4 is 23.1 Å². The van der Waals surface area contributed by atoms with Crippen molar-refractivity contribution in [2.75, 3.05) is 7.11 Å². The summed E-state index contributed by atoms with van der Waals surface area (Å²) in [6.45, 7) is 1.92. The molecule has 1 rings (SSSR count). The average Bonchev–Trinajstić information content (AvgIpc) is 2.51. The Balaban J connectivity index is 2.64. The van der Waals surface area contributed by atoms with Crippen molar-refractivity contribution in [2.24, 2.45) is 0 Å². The van der Waals surface area contributed by atoms with Gasteiger partial charge in [-0.1, -0.05) is 0 Å². The Hall–Kier alpha value is -1.16. The summed E-state index contributed by atoms with van der Waals surface area (Å²) in [6.07, 6.45) is -0.174. The maximum absolute atomic E-state index is 11.3. The lowest BCUT2D eigenvalue weighted by Gasteiger charge is -1.95. The van der Waals surface area contributed by atoms with E-state index in [2.05, 4.69) is 4.74 Å². The largest absolute Gasteiger partial charge is 0.469 e. The monoisotopic (exact) mass is 198 g/mol. The van der Waals surface area contributed by atoms with Gasteiger partial charge < -0.3 is 4.74 Å². The van der Waals surface area contributed by atoms with Crippen LogP contribution in [0.25, 0.3) is 0 Å². The van der Waals surface area contributed by atoms with Gasteiger partial charge in [-0.25, -0.2) is 0 Å². The Morgan fingerprint density at radius 3 is 2.69 bits per heavy atom. The number of Topliss-reactive ketones (excluding diaryl/α,β-unsaturated/α-hetero) is 1. The van der Waals surface area contributed by atoms with Crippen LogP contribution in [0.1, 0.15) is 21.7 Å². The van der Waals surface area contributed by atoms with Crippen LogP contribution in [-0.4, -0.2) is 18.9 Å². The molecule has 0 aromatic carbocycles. The van der Waals surface area contributed by atoms with Crippen molar-refractivity contribution in [3.63, 3.8) is 0 Å². The fraction of sp³-hybridized carbons (Fsp3) is 0.333. The molecule has 0 spiro atoms. The molecule has 0 atom stereocenters. The molecule has 0 saturated heterocycles. The van der Waals surface area contributed by atoms with Crippen LogP contribution in [0.15, 0.2) is 11.4 Å². The second-order valence-corrected chi connectivity index (χ2v) is 3.74. The first-order valence-electron chi connectivity index (χ1n) is 3.78. The van der Waals surface area contributed by atoms with Gasteiger partial charge in [-0.05, 0) is 13.0 Å². The highest BCUT2D eigenvalue weighted by Crippen LogP contribution is 2.14. The smallest absolute Gasteiger partial charge is 0.313 e. The zero-order valence-electron chi connectivity index (χ0n) is 7.49. The van der Waals surface area contributed by atoms with Gasteiger partial charge >= 0.3 is 5.97 Å². The SMILES string of the molecule is COC(=O)CC(=O)c1csc(C)c1. The van der Waals surface area contributed by atoms with E-state index < -0.39 is 5.97 Å². The first-order valence-corrected chi connectivity index (χ1v) is 4.66. The number of rotatable bonds is 3. The third-order valence-corrected chi connectivity index (χ3v) is 2.45. The second-order valence-electron chi connectivity index (χ2n) is 2.62. The van der Waals surface area contributed by atoms with E-state index >= 15 is 0 Å². The lowest BCUT2D eigenvalue weighted by Crippen LogP contribution is -2.08. The van der Waals surface area contributed by atoms with E-state index in [9.17, 15) is 9.59 Å². The fourth-order valence-corrected chi connectivity index (χ4v) is 1.60. The molecule has 0 aliphatic carbocycles. The molecule has 4 heteroatoms. The first-order chi connectivity index (χ1) is 6.13. The predicted molar refractivity (Wildman–Crippen MR) is 50.0 cm³/mol. The molecule has 13 heavy (non-hydrogen) atoms. The van der Waals surface area contributed by atoms with Crippen LogP contribution in [0.2, 0.25) is 0 Å². The lowest BCUT2D eigenvalue weighted by molar-refractivity contribution is -0.139. The highest BCUT2D eigenvalue weighted by Gasteiger charge is 2.12. The number of aryl methyl sites for hydroxylation is 1. The van der Waals surface area contributed by atoms with Crippen molar-refractivity contribution in [1.29, 1.82) is 0 Å². The average molecular weight is 198 g/mol. The Kier molecular flexibility index (Phi) is 3.19. The molecule has 0 fully saturated rings. The quantitative estimate of drug-likeness (QED) is 0.422. The summed E-state index contributed by atoms with van der Waals surface area (Å²) in [6, 6.07) is 1.77. The first kappa shape index (κ1) is 9.92. The van der Waals surface area contributed by atoms with Gasteiger partial charge in [-0.3, -0.25) is 9.59 Å². The zero-order valence-corrected chi connectivity index (χ0v) is 8.31. The second kappa shape index (κ2) is 4.18. The molecular weight excluding hydrogens is 188 g/mol. The third-order valence-electron chi connectivity index (χ3n) is 1.59. The van der Waals surface area contributed by atoms with Gasteiger partial charge in [0.1, 0.15) is 6.42 Å². The Morgan fingerprint density at radius 1 is 1.54 bits per heavy atom. The van der Waals surface area contributed by atoms with Gasteiger partial charge in [0.15, 0.2) is 5.78 Å². The van der Waals surface area contributed by atoms with Gasteiger partial charge in [0.2, 0.25) is 0 Å². The van der Waals surface area contributed by atoms with Crippen molar-refractivity contribution in [3.05, 3.63) is 21.9 Å². The minimum Gasteiger partial charge on any atom is -0.469 e. The van der Waals surface area contributed by atoms with Gasteiger partial charge in [0, 0.05) is 15.8 Å². The van der Waals surface area contributed by atoms with Crippen LogP contribution < -0.4 is 0 Å². The normalized spacial score (nSPS) is 9.69. The molecule has 1 aromatic rings. The molecule has 0 aliphatic heterocycles. The number of thiophene rings is 1. The van der Waals surface area contributed by atoms with Crippen LogP contribution >= 0.6 is 11.3 Å². The minimum absolute atomic E-state index is 0.174. The molecule has 0 unspecified atom stereocenters. The lowest BCUT2D eigenvalue weighted by atomic mass is 10.1. The van der Waals surface area contributed by atoms with Crippen LogP contribution in [0.4, 0.5) is 0 Å². The van der Waals surface area contributed by atoms with Crippen molar-refractivity contribution in [1.82, 2.24) is 0 Å². The highest BCUT2D eigenvalue weighted by atomic mass is 32.1. The van der Waals surface area contributed by atoms with Crippen LogP contribution in [0.3, 0.4) is 0 Å². The minimum atomic E-state index is -0.492. The van der Waals surface area contributed by atoms with Crippen LogP contribution in [0, 0.1) is 6.92 Å². The Labute approximate surface area is 80.3 Å². The van der Waals surface area contributed by atoms with Crippen molar-refractivity contribution < 1.29 is 14.3 Å². The van der Waals surface area contributed by atoms with Crippen LogP contribution in [-0.2, 0) is 9.53 Å². The van der Waals surface area contributed by atoms with E-state index in [1.54, 1.807) is 11.4 Å². The predicted octanol–water partition coefficient (Wildman–Crippen LogP) is 1.80. The topological polar surface area (TPSA) is 43.4 Å². The summed E-state index contributed by atoms with van der Waals surface area (Å²) in [5.41, 5.74) is 0.591. The maximum Gasteiger partial charge on any atom is 0.313 e. The number of carbonyl (C=O) groups is 2. The van der Waals surface area contributed by atoms with E-state index in [0.29, 0.717) is 5.56 Å². The number of ether oxygens (including phenoxy) is 1. The number of methoxy groups -OCH3 is 1. The number of hydrogen-bond donors (Lipinski definition) is 0. The fourth-order valence-electron chi connectivity index (χ4n) is 0.895.